The molecule has 1 atom stereocenters. The summed E-state index contributed by atoms with van der Waals surface area (Å²) in [5.74, 6) is -5.32. The van der Waals surface area contributed by atoms with Gasteiger partial charge >= 0.3 is 29.8 Å². The molecule has 0 saturated heterocycles. The average molecular weight is 697 g/mol. The van der Waals surface area contributed by atoms with Gasteiger partial charge < -0.3 is 25.5 Å². The Bertz CT molecular complexity index is 1600. The average Bonchev–Trinajstić information content (AvgIpc) is 3.09. The first-order chi connectivity index (χ1) is 24.3. The number of carboxylic acids is 5. The van der Waals surface area contributed by atoms with E-state index >= 15 is 0 Å². The van der Waals surface area contributed by atoms with E-state index in [1.807, 2.05) is 6.92 Å². The number of benzene rings is 4. The van der Waals surface area contributed by atoms with E-state index in [9.17, 15) is 44.4 Å². The third-order valence-corrected chi connectivity index (χ3v) is 9.00. The van der Waals surface area contributed by atoms with E-state index in [-0.39, 0.29) is 53.9 Å². The van der Waals surface area contributed by atoms with E-state index in [2.05, 4.69) is 6.92 Å². The number of carboxylic acid groups (broad SMARTS) is 5. The molecule has 268 valence electrons. The molecule has 4 aromatic carbocycles. The SMILES string of the molecule is CCCCC(CC)C(=O)O.O=C(O)c1ccccc1CC(Cc1ccccc1C(=O)O)(Cc1ccccc1C(=O)O)Cc1ccccc1C(=O)O. The summed E-state index contributed by atoms with van der Waals surface area (Å²) < 4.78 is 0. The number of aliphatic carboxylic acids is 1. The van der Waals surface area contributed by atoms with Crippen LogP contribution in [0.1, 0.15) is 103 Å². The molecule has 0 aliphatic carbocycles. The summed E-state index contributed by atoms with van der Waals surface area (Å²) in [6, 6.07) is 25.8. The summed E-state index contributed by atoms with van der Waals surface area (Å²) in [5, 5.41) is 48.4. The first-order valence-electron chi connectivity index (χ1n) is 16.8. The van der Waals surface area contributed by atoms with Gasteiger partial charge in [0.15, 0.2) is 0 Å². The van der Waals surface area contributed by atoms with Crippen LogP contribution in [0, 0.1) is 11.3 Å². The van der Waals surface area contributed by atoms with Gasteiger partial charge in [0.05, 0.1) is 28.2 Å². The molecule has 0 spiro atoms. The van der Waals surface area contributed by atoms with Gasteiger partial charge in [-0.15, -0.1) is 0 Å². The van der Waals surface area contributed by atoms with Gasteiger partial charge in [0.25, 0.3) is 0 Å². The molecule has 0 fully saturated rings. The van der Waals surface area contributed by atoms with E-state index in [4.69, 9.17) is 5.11 Å². The van der Waals surface area contributed by atoms with Crippen molar-refractivity contribution in [2.75, 3.05) is 0 Å². The maximum Gasteiger partial charge on any atom is 0.335 e. The van der Waals surface area contributed by atoms with Crippen LogP contribution in [-0.2, 0) is 30.5 Å². The predicted octanol–water partition coefficient (Wildman–Crippen LogP) is 8.02. The molecule has 51 heavy (non-hydrogen) atoms. The van der Waals surface area contributed by atoms with Gasteiger partial charge in [0.2, 0.25) is 0 Å². The molecule has 4 aromatic rings. The minimum atomic E-state index is -1.14. The van der Waals surface area contributed by atoms with Crippen molar-refractivity contribution >= 4 is 29.8 Å². The topological polar surface area (TPSA) is 186 Å². The van der Waals surface area contributed by atoms with E-state index in [0.717, 1.165) is 25.7 Å². The van der Waals surface area contributed by atoms with E-state index < -0.39 is 35.3 Å². The maximum atomic E-state index is 12.2. The van der Waals surface area contributed by atoms with Crippen LogP contribution in [0.2, 0.25) is 0 Å². The van der Waals surface area contributed by atoms with E-state index in [0.29, 0.717) is 22.3 Å². The molecule has 0 aliphatic rings. The lowest BCUT2D eigenvalue weighted by molar-refractivity contribution is -0.142. The van der Waals surface area contributed by atoms with Crippen molar-refractivity contribution in [3.63, 3.8) is 0 Å². The van der Waals surface area contributed by atoms with Gasteiger partial charge in [0.1, 0.15) is 0 Å². The second-order valence-corrected chi connectivity index (χ2v) is 12.6. The van der Waals surface area contributed by atoms with Gasteiger partial charge in [-0.25, -0.2) is 19.2 Å². The quantitative estimate of drug-likeness (QED) is 0.0723. The van der Waals surface area contributed by atoms with Crippen molar-refractivity contribution in [2.45, 2.75) is 65.2 Å². The second-order valence-electron chi connectivity index (χ2n) is 12.6. The van der Waals surface area contributed by atoms with Crippen molar-refractivity contribution in [1.29, 1.82) is 0 Å². The zero-order valence-electron chi connectivity index (χ0n) is 28.7. The standard InChI is InChI=1S/C33H28O8.C8H16O2/c34-29(35)25-13-5-1-9-21(25)17-33(18-22-10-2-6-14-26(22)30(36)37,19-23-11-3-7-15-27(23)31(38)39)20-24-12-4-8-16-28(24)32(40)41;1-3-5-6-7(4-2)8(9)10/h1-16H,17-20H2,(H,34,35)(H,36,37)(H,38,39)(H,40,41);7H,3-6H2,1-2H3,(H,9,10). The van der Waals surface area contributed by atoms with Crippen molar-refractivity contribution in [3.05, 3.63) is 142 Å². The summed E-state index contributed by atoms with van der Waals surface area (Å²) in [5.41, 5.74) is 1.06. The molecule has 4 rings (SSSR count). The van der Waals surface area contributed by atoms with Crippen LogP contribution in [-0.4, -0.2) is 55.4 Å². The normalized spacial score (nSPS) is 11.5. The fourth-order valence-corrected chi connectivity index (χ4v) is 6.48. The number of hydrogen-bond acceptors (Lipinski definition) is 5. The second kappa shape index (κ2) is 18.8. The molecular formula is C41H44O10. The van der Waals surface area contributed by atoms with Crippen molar-refractivity contribution in [1.82, 2.24) is 0 Å². The van der Waals surface area contributed by atoms with Crippen LogP contribution < -0.4 is 0 Å². The summed E-state index contributed by atoms with van der Waals surface area (Å²) >= 11 is 0. The zero-order valence-corrected chi connectivity index (χ0v) is 28.7. The first-order valence-corrected chi connectivity index (χ1v) is 16.8. The van der Waals surface area contributed by atoms with Gasteiger partial charge in [-0.1, -0.05) is 99.5 Å². The molecule has 0 amide bonds. The van der Waals surface area contributed by atoms with Crippen LogP contribution >= 0.6 is 0 Å². The molecule has 0 bridgehead atoms. The number of unbranched alkanes of at least 4 members (excludes halogenated alkanes) is 1. The number of hydrogen-bond donors (Lipinski definition) is 5. The minimum Gasteiger partial charge on any atom is -0.481 e. The molecule has 0 saturated carbocycles. The third kappa shape index (κ3) is 11.1. The lowest BCUT2D eigenvalue weighted by Crippen LogP contribution is -2.34. The molecule has 10 nitrogen and oxygen atoms in total. The van der Waals surface area contributed by atoms with Gasteiger partial charge in [0, 0.05) is 0 Å². The van der Waals surface area contributed by atoms with Crippen molar-refractivity contribution < 1.29 is 49.5 Å². The number of aromatic carboxylic acids is 4. The highest BCUT2D eigenvalue weighted by molar-refractivity contribution is 5.91. The van der Waals surface area contributed by atoms with Crippen LogP contribution in [0.4, 0.5) is 0 Å². The van der Waals surface area contributed by atoms with Gasteiger partial charge in [-0.3, -0.25) is 4.79 Å². The van der Waals surface area contributed by atoms with E-state index in [1.54, 1.807) is 72.8 Å². The summed E-state index contributed by atoms with van der Waals surface area (Å²) in [7, 11) is 0. The van der Waals surface area contributed by atoms with Crippen LogP contribution in [0.25, 0.3) is 0 Å². The highest BCUT2D eigenvalue weighted by Gasteiger charge is 2.36. The zero-order chi connectivity index (χ0) is 37.6. The largest absolute Gasteiger partial charge is 0.481 e. The lowest BCUT2D eigenvalue weighted by Gasteiger charge is -2.36. The summed E-state index contributed by atoms with van der Waals surface area (Å²) in [6.07, 6.45) is 4.12. The highest BCUT2D eigenvalue weighted by atomic mass is 16.4. The molecule has 0 radical (unpaired) electrons. The molecule has 0 heterocycles. The Labute approximate surface area is 297 Å². The molecule has 0 aliphatic heterocycles. The predicted molar refractivity (Wildman–Crippen MR) is 192 cm³/mol. The van der Waals surface area contributed by atoms with E-state index in [1.165, 1.54) is 24.3 Å². The Hall–Kier alpha value is -5.77. The summed E-state index contributed by atoms with van der Waals surface area (Å²) in [6.45, 7) is 4.00. The monoisotopic (exact) mass is 696 g/mol. The molecule has 1 unspecified atom stereocenters. The maximum absolute atomic E-state index is 12.2. The summed E-state index contributed by atoms with van der Waals surface area (Å²) in [4.78, 5) is 59.2. The van der Waals surface area contributed by atoms with Crippen molar-refractivity contribution in [2.24, 2.45) is 11.3 Å². The van der Waals surface area contributed by atoms with Crippen LogP contribution in [0.5, 0.6) is 0 Å². The third-order valence-electron chi connectivity index (χ3n) is 9.00. The lowest BCUT2D eigenvalue weighted by atomic mass is 9.67. The number of carbonyl (C=O) groups is 5. The van der Waals surface area contributed by atoms with Gasteiger partial charge in [-0.05, 0) is 90.5 Å². The first kappa shape index (κ1) is 39.7. The van der Waals surface area contributed by atoms with Gasteiger partial charge in [-0.2, -0.15) is 0 Å². The smallest absolute Gasteiger partial charge is 0.335 e. The Morgan fingerprint density at radius 2 is 0.765 bits per heavy atom. The van der Waals surface area contributed by atoms with Crippen LogP contribution in [0.3, 0.4) is 0 Å². The Balaban J connectivity index is 0.000000612. The Kier molecular flexibility index (Phi) is 14.7. The highest BCUT2D eigenvalue weighted by Crippen LogP contribution is 2.39. The van der Waals surface area contributed by atoms with Crippen molar-refractivity contribution in [3.8, 4) is 0 Å². The molecule has 0 aromatic heterocycles. The minimum absolute atomic E-state index is 0.0569. The fraction of sp³-hybridized carbons (Fsp3) is 0.293. The molecular weight excluding hydrogens is 652 g/mol. The fourth-order valence-electron chi connectivity index (χ4n) is 6.48. The van der Waals surface area contributed by atoms with Crippen LogP contribution in [0.15, 0.2) is 97.1 Å². The molecule has 5 N–H and O–H groups in total. The Morgan fingerprint density at radius 1 is 0.490 bits per heavy atom. The molecule has 10 heteroatoms. The number of rotatable bonds is 17. The Morgan fingerprint density at radius 3 is 0.980 bits per heavy atom.